The van der Waals surface area contributed by atoms with Crippen molar-refractivity contribution in [2.24, 2.45) is 5.92 Å². The summed E-state index contributed by atoms with van der Waals surface area (Å²) in [7, 11) is -4.13. The topological polar surface area (TPSA) is 138 Å². The van der Waals surface area contributed by atoms with Gasteiger partial charge < -0.3 is 10.6 Å². The van der Waals surface area contributed by atoms with Gasteiger partial charge in [0.1, 0.15) is 11.7 Å². The van der Waals surface area contributed by atoms with Gasteiger partial charge in [-0.2, -0.15) is 4.31 Å². The first-order valence-corrected chi connectivity index (χ1v) is 14.5. The zero-order valence-corrected chi connectivity index (χ0v) is 23.2. The highest BCUT2D eigenvalue weighted by molar-refractivity contribution is 7.89. The van der Waals surface area contributed by atoms with E-state index in [0.717, 1.165) is 4.31 Å². The molecular weight excluding hydrogens is 542 g/mol. The summed E-state index contributed by atoms with van der Waals surface area (Å²) in [6.07, 6.45) is 1.24. The third-order valence-electron chi connectivity index (χ3n) is 6.35. The standard InChI is InChI=1S/C27H30ClN5O5S/c1-17(2)15-22(31-27(36)23-16-29-20-7-3-4-8-21(20)30-23)26(35)32-25-24(34)9-5-6-14-33(25)39(37,38)19-12-10-18(28)11-13-19/h3-4,7-8,10-13,16-17,22,25H,5-6,9,14-15H2,1-2H3,(H,31,36)(H,32,35)/t22?,25-/m0/s1. The van der Waals surface area contributed by atoms with Crippen LogP contribution in [0.15, 0.2) is 59.6 Å². The van der Waals surface area contributed by atoms with E-state index < -0.39 is 39.8 Å². The number of hydrogen-bond donors (Lipinski definition) is 2. The molecule has 0 saturated carbocycles. The van der Waals surface area contributed by atoms with Crippen LogP contribution in [-0.4, -0.2) is 59.0 Å². The highest BCUT2D eigenvalue weighted by Gasteiger charge is 2.39. The molecule has 2 atom stereocenters. The normalized spacial score (nSPS) is 17.5. The number of nitrogens with one attached hydrogen (secondary N) is 2. The van der Waals surface area contributed by atoms with Crippen LogP contribution in [0.4, 0.5) is 0 Å². The fourth-order valence-corrected chi connectivity index (χ4v) is 6.08. The molecule has 0 aliphatic carbocycles. The number of hydrogen-bond acceptors (Lipinski definition) is 7. The highest BCUT2D eigenvalue weighted by atomic mass is 35.5. The molecule has 10 nitrogen and oxygen atoms in total. The number of carbonyl (C=O) groups is 3. The summed E-state index contributed by atoms with van der Waals surface area (Å²) in [5.41, 5.74) is 1.19. The maximum Gasteiger partial charge on any atom is 0.272 e. The summed E-state index contributed by atoms with van der Waals surface area (Å²) in [5, 5.41) is 5.68. The summed E-state index contributed by atoms with van der Waals surface area (Å²) < 4.78 is 28.0. The number of halogens is 1. The number of benzene rings is 2. The summed E-state index contributed by atoms with van der Waals surface area (Å²) in [4.78, 5) is 48.1. The first-order chi connectivity index (χ1) is 18.6. The number of fused-ring (bicyclic) bond motifs is 1. The van der Waals surface area contributed by atoms with E-state index >= 15 is 0 Å². The molecular formula is C27H30ClN5O5S. The van der Waals surface area contributed by atoms with Crippen molar-refractivity contribution < 1.29 is 22.8 Å². The highest BCUT2D eigenvalue weighted by Crippen LogP contribution is 2.24. The Hall–Kier alpha value is -3.41. The molecule has 1 unspecified atom stereocenters. The van der Waals surface area contributed by atoms with E-state index in [4.69, 9.17) is 11.6 Å². The molecule has 2 amide bonds. The summed E-state index contributed by atoms with van der Waals surface area (Å²) >= 11 is 5.92. The van der Waals surface area contributed by atoms with E-state index in [0.29, 0.717) is 28.9 Å². The number of carbonyl (C=O) groups excluding carboxylic acids is 3. The molecule has 206 valence electrons. The Morgan fingerprint density at radius 2 is 1.77 bits per heavy atom. The van der Waals surface area contributed by atoms with Crippen molar-refractivity contribution in [2.45, 2.75) is 56.6 Å². The van der Waals surface area contributed by atoms with Gasteiger partial charge in [0.25, 0.3) is 5.91 Å². The maximum atomic E-state index is 13.5. The Labute approximate surface area is 232 Å². The van der Waals surface area contributed by atoms with Crippen LogP contribution in [0.2, 0.25) is 5.02 Å². The number of aromatic nitrogens is 2. The molecule has 1 aromatic heterocycles. The molecule has 1 aliphatic heterocycles. The number of rotatable bonds is 8. The van der Waals surface area contributed by atoms with Crippen LogP contribution < -0.4 is 10.6 Å². The molecule has 1 fully saturated rings. The van der Waals surface area contributed by atoms with Crippen LogP contribution in [-0.2, 0) is 19.6 Å². The molecule has 12 heteroatoms. The second-order valence-electron chi connectivity index (χ2n) is 9.80. The minimum Gasteiger partial charge on any atom is -0.339 e. The van der Waals surface area contributed by atoms with Crippen LogP contribution in [0.5, 0.6) is 0 Å². The van der Waals surface area contributed by atoms with Crippen LogP contribution >= 0.6 is 11.6 Å². The van der Waals surface area contributed by atoms with Gasteiger partial charge in [-0.1, -0.05) is 37.6 Å². The molecule has 0 radical (unpaired) electrons. The number of amides is 2. The lowest BCUT2D eigenvalue weighted by Gasteiger charge is -2.30. The average Bonchev–Trinajstić information content (AvgIpc) is 3.09. The van der Waals surface area contributed by atoms with Gasteiger partial charge in [0, 0.05) is 18.0 Å². The van der Waals surface area contributed by atoms with Crippen molar-refractivity contribution in [1.82, 2.24) is 24.9 Å². The lowest BCUT2D eigenvalue weighted by molar-refractivity contribution is -0.131. The fraction of sp³-hybridized carbons (Fsp3) is 0.370. The molecule has 1 saturated heterocycles. The zero-order chi connectivity index (χ0) is 28.2. The van der Waals surface area contributed by atoms with Gasteiger partial charge in [-0.15, -0.1) is 0 Å². The molecule has 39 heavy (non-hydrogen) atoms. The van der Waals surface area contributed by atoms with Gasteiger partial charge in [-0.3, -0.25) is 19.4 Å². The van der Waals surface area contributed by atoms with Gasteiger partial charge >= 0.3 is 0 Å². The summed E-state index contributed by atoms with van der Waals surface area (Å²) in [6, 6.07) is 11.7. The van der Waals surface area contributed by atoms with E-state index in [2.05, 4.69) is 20.6 Å². The molecule has 3 aromatic rings. The molecule has 2 heterocycles. The van der Waals surface area contributed by atoms with E-state index in [1.807, 2.05) is 19.9 Å². The lowest BCUT2D eigenvalue weighted by atomic mass is 10.0. The molecule has 0 spiro atoms. The zero-order valence-electron chi connectivity index (χ0n) is 21.6. The molecule has 2 aromatic carbocycles. The molecule has 4 rings (SSSR count). The second-order valence-corrected chi connectivity index (χ2v) is 12.1. The van der Waals surface area contributed by atoms with E-state index in [1.165, 1.54) is 30.5 Å². The van der Waals surface area contributed by atoms with Gasteiger partial charge in [0.2, 0.25) is 15.9 Å². The summed E-state index contributed by atoms with van der Waals surface area (Å²) in [5.74, 6) is -1.69. The van der Waals surface area contributed by atoms with Crippen molar-refractivity contribution in [2.75, 3.05) is 6.54 Å². The maximum absolute atomic E-state index is 13.5. The molecule has 2 N–H and O–H groups in total. The predicted molar refractivity (Wildman–Crippen MR) is 146 cm³/mol. The fourth-order valence-electron chi connectivity index (χ4n) is 4.38. The minimum atomic E-state index is -4.13. The second kappa shape index (κ2) is 12.2. The average molecular weight is 572 g/mol. The summed E-state index contributed by atoms with van der Waals surface area (Å²) in [6.45, 7) is 3.82. The molecule has 1 aliphatic rings. The van der Waals surface area contributed by atoms with Gasteiger partial charge in [0.05, 0.1) is 22.1 Å². The Balaban J connectivity index is 1.58. The van der Waals surface area contributed by atoms with E-state index in [1.54, 1.807) is 18.2 Å². The number of para-hydroxylation sites is 2. The number of sulfonamides is 1. The van der Waals surface area contributed by atoms with Gasteiger partial charge in [-0.05, 0) is 61.6 Å². The van der Waals surface area contributed by atoms with E-state index in [-0.39, 0.29) is 35.9 Å². The van der Waals surface area contributed by atoms with Crippen LogP contribution in [0.25, 0.3) is 11.0 Å². The Bertz CT molecular complexity index is 1480. The van der Waals surface area contributed by atoms with Crippen LogP contribution in [0, 0.1) is 5.92 Å². The SMILES string of the molecule is CC(C)CC(NC(=O)c1cnc2ccccc2n1)C(=O)N[C@@H]1C(=O)CCCCN1S(=O)(=O)c1ccc(Cl)cc1. The predicted octanol–water partition coefficient (Wildman–Crippen LogP) is 3.31. The smallest absolute Gasteiger partial charge is 0.272 e. The van der Waals surface area contributed by atoms with E-state index in [9.17, 15) is 22.8 Å². The van der Waals surface area contributed by atoms with Gasteiger partial charge in [-0.25, -0.2) is 13.4 Å². The largest absolute Gasteiger partial charge is 0.339 e. The first kappa shape index (κ1) is 28.6. The Kier molecular flexibility index (Phi) is 8.94. The minimum absolute atomic E-state index is 0.00229. The number of nitrogens with zero attached hydrogens (tertiary/aromatic N) is 3. The monoisotopic (exact) mass is 571 g/mol. The number of ketones is 1. The van der Waals surface area contributed by atoms with Gasteiger partial charge in [0.15, 0.2) is 11.9 Å². The lowest BCUT2D eigenvalue weighted by Crippen LogP contribution is -2.58. The van der Waals surface area contributed by atoms with Crippen molar-refractivity contribution in [3.8, 4) is 0 Å². The molecule has 0 bridgehead atoms. The van der Waals surface area contributed by atoms with Crippen LogP contribution in [0.3, 0.4) is 0 Å². The third-order valence-corrected chi connectivity index (χ3v) is 8.48. The van der Waals surface area contributed by atoms with Crippen molar-refractivity contribution in [1.29, 1.82) is 0 Å². The number of Topliss-reactive ketones (excluding diaryl/α,β-unsaturated/α-hetero) is 1. The Morgan fingerprint density at radius 3 is 2.46 bits per heavy atom. The van der Waals surface area contributed by atoms with Crippen molar-refractivity contribution >= 4 is 50.3 Å². The van der Waals surface area contributed by atoms with Crippen LogP contribution in [0.1, 0.15) is 50.0 Å². The Morgan fingerprint density at radius 1 is 1.08 bits per heavy atom. The van der Waals surface area contributed by atoms with Crippen molar-refractivity contribution in [3.05, 3.63) is 65.4 Å². The first-order valence-electron chi connectivity index (χ1n) is 12.7. The van der Waals surface area contributed by atoms with Crippen molar-refractivity contribution in [3.63, 3.8) is 0 Å². The third kappa shape index (κ3) is 6.78. The quantitative estimate of drug-likeness (QED) is 0.423.